The van der Waals surface area contributed by atoms with Gasteiger partial charge in [0.2, 0.25) is 0 Å². The van der Waals surface area contributed by atoms with E-state index < -0.39 is 0 Å². The third-order valence-electron chi connectivity index (χ3n) is 2.60. The maximum Gasteiger partial charge on any atom is 0.151 e. The highest BCUT2D eigenvalue weighted by molar-refractivity contribution is 5.14. The second-order valence-electron chi connectivity index (χ2n) is 4.17. The second-order valence-corrected chi connectivity index (χ2v) is 4.17. The summed E-state index contributed by atoms with van der Waals surface area (Å²) in [5, 5.41) is 11.9. The number of rotatable bonds is 5. The molecule has 0 saturated carbocycles. The molecular formula is C11H18N6. The van der Waals surface area contributed by atoms with E-state index in [0.29, 0.717) is 0 Å². The Bertz CT molecular complexity index is 484. The quantitative estimate of drug-likeness (QED) is 0.750. The van der Waals surface area contributed by atoms with E-state index >= 15 is 0 Å². The molecule has 6 heteroatoms. The summed E-state index contributed by atoms with van der Waals surface area (Å²) in [4.78, 5) is 4.18. The van der Waals surface area contributed by atoms with Crippen LogP contribution in [0.3, 0.4) is 0 Å². The van der Waals surface area contributed by atoms with Crippen LogP contribution in [0.25, 0.3) is 0 Å². The Balaban J connectivity index is 1.75. The number of hydrogen-bond acceptors (Lipinski definition) is 4. The van der Waals surface area contributed by atoms with Crippen molar-refractivity contribution >= 4 is 0 Å². The van der Waals surface area contributed by atoms with Gasteiger partial charge in [-0.1, -0.05) is 0 Å². The van der Waals surface area contributed by atoms with Crippen molar-refractivity contribution in [2.45, 2.75) is 19.9 Å². The molecule has 0 aliphatic heterocycles. The molecular weight excluding hydrogens is 216 g/mol. The Kier molecular flexibility index (Phi) is 3.53. The first kappa shape index (κ1) is 11.8. The zero-order valence-corrected chi connectivity index (χ0v) is 10.5. The normalized spacial score (nSPS) is 11.0. The molecule has 2 rings (SSSR count). The van der Waals surface area contributed by atoms with Gasteiger partial charge >= 0.3 is 0 Å². The van der Waals surface area contributed by atoms with Gasteiger partial charge in [-0.25, -0.2) is 4.98 Å². The Morgan fingerprint density at radius 1 is 1.24 bits per heavy atom. The number of hydrogen-bond donors (Lipinski definition) is 1. The van der Waals surface area contributed by atoms with E-state index in [0.717, 1.165) is 31.0 Å². The largest absolute Gasteiger partial charge is 0.312 e. The molecule has 2 heterocycles. The smallest absolute Gasteiger partial charge is 0.151 e. The van der Waals surface area contributed by atoms with Crippen LogP contribution in [0.4, 0.5) is 0 Å². The minimum Gasteiger partial charge on any atom is -0.312 e. The highest BCUT2D eigenvalue weighted by Gasteiger charge is 2.02. The van der Waals surface area contributed by atoms with Crippen molar-refractivity contribution in [3.8, 4) is 0 Å². The zero-order chi connectivity index (χ0) is 12.3. The fraction of sp³-hybridized carbons (Fsp3) is 0.545. The average Bonchev–Trinajstić information content (AvgIpc) is 2.81. The van der Waals surface area contributed by atoms with E-state index in [1.807, 2.05) is 31.9 Å². The Hall–Kier alpha value is -1.69. The van der Waals surface area contributed by atoms with E-state index in [1.54, 1.807) is 11.0 Å². The van der Waals surface area contributed by atoms with Gasteiger partial charge in [-0.05, 0) is 6.92 Å². The summed E-state index contributed by atoms with van der Waals surface area (Å²) < 4.78 is 3.56. The first-order valence-corrected chi connectivity index (χ1v) is 5.69. The lowest BCUT2D eigenvalue weighted by atomic mass is 10.2. The van der Waals surface area contributed by atoms with Gasteiger partial charge in [0.1, 0.15) is 6.33 Å². The molecule has 0 spiro atoms. The highest BCUT2D eigenvalue weighted by atomic mass is 15.3. The summed E-state index contributed by atoms with van der Waals surface area (Å²) in [6.45, 7) is 3.74. The lowest BCUT2D eigenvalue weighted by Gasteiger charge is -2.01. The molecule has 0 amide bonds. The lowest BCUT2D eigenvalue weighted by Crippen LogP contribution is -2.17. The summed E-state index contributed by atoms with van der Waals surface area (Å²) in [6.07, 6.45) is 4.61. The van der Waals surface area contributed by atoms with Crippen LogP contribution in [0.5, 0.6) is 0 Å². The predicted octanol–water partition coefficient (Wildman–Crippen LogP) is 0.189. The van der Waals surface area contributed by atoms with Gasteiger partial charge < -0.3 is 5.32 Å². The van der Waals surface area contributed by atoms with E-state index in [1.165, 1.54) is 5.56 Å². The molecule has 2 aromatic heterocycles. The van der Waals surface area contributed by atoms with Gasteiger partial charge in [0.15, 0.2) is 5.82 Å². The van der Waals surface area contributed by atoms with Crippen LogP contribution >= 0.6 is 0 Å². The SMILES string of the molecule is Cc1nn(C)cc1CNCCc1ncn(C)n1. The summed E-state index contributed by atoms with van der Waals surface area (Å²) in [7, 11) is 3.82. The molecule has 0 aliphatic carbocycles. The van der Waals surface area contributed by atoms with Crippen molar-refractivity contribution in [1.29, 1.82) is 0 Å². The van der Waals surface area contributed by atoms with Gasteiger partial charge in [-0.2, -0.15) is 10.2 Å². The monoisotopic (exact) mass is 234 g/mol. The first-order chi connectivity index (χ1) is 8.15. The standard InChI is InChI=1S/C11H18N6/c1-9-10(7-16(2)14-9)6-12-5-4-11-13-8-17(3)15-11/h7-8,12H,4-6H2,1-3H3. The number of nitrogens with zero attached hydrogens (tertiary/aromatic N) is 5. The zero-order valence-electron chi connectivity index (χ0n) is 10.5. The number of nitrogens with one attached hydrogen (secondary N) is 1. The molecule has 6 nitrogen and oxygen atoms in total. The van der Waals surface area contributed by atoms with Crippen LogP contribution in [0.15, 0.2) is 12.5 Å². The van der Waals surface area contributed by atoms with E-state index in [-0.39, 0.29) is 0 Å². The summed E-state index contributed by atoms with van der Waals surface area (Å²) in [5.41, 5.74) is 2.32. The van der Waals surface area contributed by atoms with Crippen molar-refractivity contribution in [2.75, 3.05) is 6.54 Å². The van der Waals surface area contributed by atoms with E-state index in [9.17, 15) is 0 Å². The third-order valence-corrected chi connectivity index (χ3v) is 2.60. The molecule has 0 aromatic carbocycles. The minimum absolute atomic E-state index is 0.840. The van der Waals surface area contributed by atoms with E-state index in [4.69, 9.17) is 0 Å². The fourth-order valence-corrected chi connectivity index (χ4v) is 1.74. The first-order valence-electron chi connectivity index (χ1n) is 5.69. The molecule has 0 bridgehead atoms. The van der Waals surface area contributed by atoms with Crippen molar-refractivity contribution in [3.05, 3.63) is 29.6 Å². The van der Waals surface area contributed by atoms with E-state index in [2.05, 4.69) is 20.5 Å². The molecule has 0 fully saturated rings. The minimum atomic E-state index is 0.840. The summed E-state index contributed by atoms with van der Waals surface area (Å²) in [6, 6.07) is 0. The Morgan fingerprint density at radius 3 is 2.65 bits per heavy atom. The van der Waals surface area contributed by atoms with Crippen molar-refractivity contribution < 1.29 is 0 Å². The third kappa shape index (κ3) is 3.13. The highest BCUT2D eigenvalue weighted by Crippen LogP contribution is 2.03. The van der Waals surface area contributed by atoms with Gasteiger partial charge in [0, 0.05) is 45.4 Å². The molecule has 2 aromatic rings. The summed E-state index contributed by atoms with van der Waals surface area (Å²) >= 11 is 0. The second kappa shape index (κ2) is 5.09. The van der Waals surface area contributed by atoms with Crippen molar-refractivity contribution in [3.63, 3.8) is 0 Å². The number of aryl methyl sites for hydroxylation is 3. The van der Waals surface area contributed by atoms with Gasteiger partial charge in [0.05, 0.1) is 5.69 Å². The molecule has 0 radical (unpaired) electrons. The van der Waals surface area contributed by atoms with Crippen LogP contribution in [0, 0.1) is 6.92 Å². The fourth-order valence-electron chi connectivity index (χ4n) is 1.74. The van der Waals surface area contributed by atoms with Crippen LogP contribution in [0.1, 0.15) is 17.1 Å². The van der Waals surface area contributed by atoms with Crippen LogP contribution in [-0.4, -0.2) is 31.1 Å². The lowest BCUT2D eigenvalue weighted by molar-refractivity contribution is 0.659. The van der Waals surface area contributed by atoms with Gasteiger partial charge in [0.25, 0.3) is 0 Å². The predicted molar refractivity (Wildman–Crippen MR) is 64.4 cm³/mol. The maximum absolute atomic E-state index is 4.30. The van der Waals surface area contributed by atoms with Crippen LogP contribution in [-0.2, 0) is 27.1 Å². The number of aromatic nitrogens is 5. The van der Waals surface area contributed by atoms with Crippen LogP contribution in [0.2, 0.25) is 0 Å². The summed E-state index contributed by atoms with van der Waals surface area (Å²) in [5.74, 6) is 0.878. The Morgan fingerprint density at radius 2 is 2.06 bits per heavy atom. The molecule has 0 saturated heterocycles. The molecule has 0 atom stereocenters. The van der Waals surface area contributed by atoms with Crippen molar-refractivity contribution in [2.24, 2.45) is 14.1 Å². The average molecular weight is 234 g/mol. The van der Waals surface area contributed by atoms with Crippen molar-refractivity contribution in [1.82, 2.24) is 29.9 Å². The molecule has 17 heavy (non-hydrogen) atoms. The molecule has 92 valence electrons. The molecule has 1 N–H and O–H groups in total. The topological polar surface area (TPSA) is 60.6 Å². The van der Waals surface area contributed by atoms with Gasteiger partial charge in [-0.3, -0.25) is 9.36 Å². The van der Waals surface area contributed by atoms with Gasteiger partial charge in [-0.15, -0.1) is 0 Å². The Labute approximate surface area is 101 Å². The molecule has 0 aliphatic rings. The molecule has 0 unspecified atom stereocenters. The maximum atomic E-state index is 4.30. The van der Waals surface area contributed by atoms with Crippen LogP contribution < -0.4 is 5.32 Å².